The van der Waals surface area contributed by atoms with E-state index in [1.165, 1.54) is 24.0 Å². The van der Waals surface area contributed by atoms with Crippen LogP contribution in [0.2, 0.25) is 10.0 Å². The van der Waals surface area contributed by atoms with Gasteiger partial charge in [0.2, 0.25) is 5.91 Å². The van der Waals surface area contributed by atoms with E-state index in [1.807, 2.05) is 6.07 Å². The first-order valence-electron chi connectivity index (χ1n) is 8.19. The van der Waals surface area contributed by atoms with Gasteiger partial charge in [0.15, 0.2) is 5.82 Å². The predicted octanol–water partition coefficient (Wildman–Crippen LogP) is 4.65. The highest BCUT2D eigenvalue weighted by molar-refractivity contribution is 8.00. The molecular weight excluding hydrogens is 391 g/mol. The molecule has 1 aliphatic rings. The van der Waals surface area contributed by atoms with E-state index in [1.54, 1.807) is 6.92 Å². The summed E-state index contributed by atoms with van der Waals surface area (Å²) in [6.45, 7) is 1.76. The number of pyridine rings is 2. The predicted molar refractivity (Wildman–Crippen MR) is 104 cm³/mol. The van der Waals surface area contributed by atoms with Crippen molar-refractivity contribution in [3.05, 3.63) is 45.2 Å². The largest absolute Gasteiger partial charge is 0.308 e. The lowest BCUT2D eigenvalue weighted by atomic mass is 9.95. The van der Waals surface area contributed by atoms with Gasteiger partial charge in [-0.3, -0.25) is 4.79 Å². The first kappa shape index (κ1) is 19.0. The molecule has 2 aromatic heterocycles. The molecular formula is C18H16Cl2N4OS. The van der Waals surface area contributed by atoms with Crippen molar-refractivity contribution in [2.45, 2.75) is 42.9 Å². The number of nitrogens with zero attached hydrogens (tertiary/aromatic N) is 3. The summed E-state index contributed by atoms with van der Waals surface area (Å²) in [6, 6.07) is 5.62. The van der Waals surface area contributed by atoms with Crippen LogP contribution in [-0.4, -0.2) is 21.1 Å². The van der Waals surface area contributed by atoms with Crippen LogP contribution in [-0.2, 0) is 17.6 Å². The average molecular weight is 407 g/mol. The van der Waals surface area contributed by atoms with Crippen LogP contribution in [0.25, 0.3) is 0 Å². The van der Waals surface area contributed by atoms with E-state index in [2.05, 4.69) is 21.4 Å². The molecule has 0 spiro atoms. The van der Waals surface area contributed by atoms with Gasteiger partial charge in [0.25, 0.3) is 0 Å². The van der Waals surface area contributed by atoms with Crippen molar-refractivity contribution in [1.82, 2.24) is 9.97 Å². The topological polar surface area (TPSA) is 78.7 Å². The van der Waals surface area contributed by atoms with Gasteiger partial charge in [-0.05, 0) is 50.3 Å². The number of carbonyl (C=O) groups excluding carboxylic acids is 1. The van der Waals surface area contributed by atoms with Crippen molar-refractivity contribution < 1.29 is 4.79 Å². The lowest BCUT2D eigenvalue weighted by Gasteiger charge is -2.18. The van der Waals surface area contributed by atoms with Crippen LogP contribution in [0.15, 0.2) is 23.4 Å². The molecule has 2 heterocycles. The van der Waals surface area contributed by atoms with Crippen molar-refractivity contribution in [2.24, 2.45) is 0 Å². The van der Waals surface area contributed by atoms with Crippen LogP contribution in [0.1, 0.15) is 36.6 Å². The highest BCUT2D eigenvalue weighted by Gasteiger charge is 2.21. The van der Waals surface area contributed by atoms with Gasteiger partial charge < -0.3 is 5.32 Å². The second kappa shape index (κ2) is 8.26. The number of hydrogen-bond donors (Lipinski definition) is 1. The lowest BCUT2D eigenvalue weighted by molar-refractivity contribution is -0.115. The van der Waals surface area contributed by atoms with E-state index in [9.17, 15) is 10.1 Å². The van der Waals surface area contributed by atoms with Gasteiger partial charge in [0.1, 0.15) is 11.1 Å². The van der Waals surface area contributed by atoms with E-state index in [0.29, 0.717) is 15.6 Å². The zero-order valence-corrected chi connectivity index (χ0v) is 16.4. The van der Waals surface area contributed by atoms with Crippen molar-refractivity contribution in [3.63, 3.8) is 0 Å². The number of carbonyl (C=O) groups is 1. The Morgan fingerprint density at radius 2 is 2.12 bits per heavy atom. The molecule has 8 heteroatoms. The SMILES string of the molecule is CC(Sc1nc2c(cc1C#N)CCCC2)C(=O)Nc1ncc(Cl)cc1Cl. The van der Waals surface area contributed by atoms with Crippen LogP contribution in [0.5, 0.6) is 0 Å². The van der Waals surface area contributed by atoms with E-state index in [0.717, 1.165) is 36.9 Å². The van der Waals surface area contributed by atoms with Gasteiger partial charge >= 0.3 is 0 Å². The maximum atomic E-state index is 12.5. The fraction of sp³-hybridized carbons (Fsp3) is 0.333. The van der Waals surface area contributed by atoms with Crippen molar-refractivity contribution in [1.29, 1.82) is 5.26 Å². The number of rotatable bonds is 4. The van der Waals surface area contributed by atoms with Gasteiger partial charge in [0, 0.05) is 11.9 Å². The number of fused-ring (bicyclic) bond motifs is 1. The molecule has 26 heavy (non-hydrogen) atoms. The molecule has 1 amide bonds. The summed E-state index contributed by atoms with van der Waals surface area (Å²) < 4.78 is 0. The Hall–Kier alpha value is -1.81. The minimum atomic E-state index is -0.468. The minimum Gasteiger partial charge on any atom is -0.308 e. The molecule has 2 aromatic rings. The molecule has 0 fully saturated rings. The van der Waals surface area contributed by atoms with Crippen LogP contribution in [0, 0.1) is 11.3 Å². The molecule has 1 aliphatic carbocycles. The summed E-state index contributed by atoms with van der Waals surface area (Å²) >= 11 is 13.1. The van der Waals surface area contributed by atoms with Crippen molar-refractivity contribution >= 4 is 46.7 Å². The van der Waals surface area contributed by atoms with E-state index < -0.39 is 5.25 Å². The molecule has 5 nitrogen and oxygen atoms in total. The summed E-state index contributed by atoms with van der Waals surface area (Å²) in [5.41, 5.74) is 2.69. The van der Waals surface area contributed by atoms with Crippen LogP contribution in [0.4, 0.5) is 5.82 Å². The van der Waals surface area contributed by atoms with E-state index in [-0.39, 0.29) is 16.7 Å². The molecule has 0 saturated heterocycles. The highest BCUT2D eigenvalue weighted by atomic mass is 35.5. The number of anilines is 1. The number of nitriles is 1. The molecule has 0 saturated carbocycles. The number of aromatic nitrogens is 2. The molecule has 1 atom stereocenters. The average Bonchev–Trinajstić information content (AvgIpc) is 2.63. The molecule has 0 radical (unpaired) electrons. The Bertz CT molecular complexity index is 897. The molecule has 1 N–H and O–H groups in total. The van der Waals surface area contributed by atoms with Crippen molar-refractivity contribution in [3.8, 4) is 6.07 Å². The van der Waals surface area contributed by atoms with Gasteiger partial charge in [0.05, 0.1) is 20.9 Å². The molecule has 1 unspecified atom stereocenters. The number of nitrogens with one attached hydrogen (secondary N) is 1. The Morgan fingerprint density at radius 3 is 2.85 bits per heavy atom. The fourth-order valence-electron chi connectivity index (χ4n) is 2.73. The zero-order valence-electron chi connectivity index (χ0n) is 14.1. The summed E-state index contributed by atoms with van der Waals surface area (Å²) in [6.07, 6.45) is 5.52. The Morgan fingerprint density at radius 1 is 1.35 bits per heavy atom. The van der Waals surface area contributed by atoms with Crippen LogP contribution >= 0.6 is 35.0 Å². The van der Waals surface area contributed by atoms with Gasteiger partial charge in [-0.25, -0.2) is 9.97 Å². The minimum absolute atomic E-state index is 0.257. The Labute approximate surface area is 166 Å². The molecule has 0 aliphatic heterocycles. The zero-order chi connectivity index (χ0) is 18.7. The van der Waals surface area contributed by atoms with Gasteiger partial charge in [-0.15, -0.1) is 0 Å². The Kier molecular flexibility index (Phi) is 6.02. The molecule has 0 bridgehead atoms. The third-order valence-electron chi connectivity index (χ3n) is 4.09. The normalized spacial score (nSPS) is 14.2. The maximum absolute atomic E-state index is 12.5. The number of amides is 1. The molecule has 0 aromatic carbocycles. The van der Waals surface area contributed by atoms with Crippen LogP contribution < -0.4 is 5.32 Å². The van der Waals surface area contributed by atoms with Gasteiger partial charge in [-0.2, -0.15) is 5.26 Å². The number of hydrogen-bond acceptors (Lipinski definition) is 5. The number of thioether (sulfide) groups is 1. The summed E-state index contributed by atoms with van der Waals surface area (Å²) in [5.74, 6) is -0.0115. The van der Waals surface area contributed by atoms with Gasteiger partial charge in [-0.1, -0.05) is 35.0 Å². The first-order valence-corrected chi connectivity index (χ1v) is 9.83. The second-order valence-corrected chi connectivity index (χ2v) is 8.17. The quantitative estimate of drug-likeness (QED) is 0.747. The molecule has 3 rings (SSSR count). The standard InChI is InChI=1S/C18H16Cl2N4OS/c1-10(17(25)24-16-14(20)7-13(19)9-22-16)26-18-12(8-21)6-11-4-2-3-5-15(11)23-18/h6-7,9-10H,2-5H2,1H3,(H,22,24,25). The summed E-state index contributed by atoms with van der Waals surface area (Å²) in [4.78, 5) is 21.1. The second-order valence-electron chi connectivity index (χ2n) is 6.00. The molecule has 134 valence electrons. The first-order chi connectivity index (χ1) is 12.5. The number of aryl methyl sites for hydroxylation is 2. The fourth-order valence-corrected chi connectivity index (χ4v) is 4.05. The van der Waals surface area contributed by atoms with E-state index in [4.69, 9.17) is 23.2 Å². The lowest BCUT2D eigenvalue weighted by Crippen LogP contribution is -2.23. The summed E-state index contributed by atoms with van der Waals surface area (Å²) in [7, 11) is 0. The highest BCUT2D eigenvalue weighted by Crippen LogP contribution is 2.30. The third kappa shape index (κ3) is 4.29. The van der Waals surface area contributed by atoms with Crippen molar-refractivity contribution in [2.75, 3.05) is 5.32 Å². The Balaban J connectivity index is 1.75. The smallest absolute Gasteiger partial charge is 0.238 e. The third-order valence-corrected chi connectivity index (χ3v) is 5.69. The number of halogens is 2. The van der Waals surface area contributed by atoms with Crippen LogP contribution in [0.3, 0.4) is 0 Å². The maximum Gasteiger partial charge on any atom is 0.238 e. The summed E-state index contributed by atoms with van der Waals surface area (Å²) in [5, 5.41) is 12.9. The van der Waals surface area contributed by atoms with E-state index >= 15 is 0 Å². The monoisotopic (exact) mass is 406 g/mol.